The van der Waals surface area contributed by atoms with E-state index in [9.17, 15) is 14.4 Å². The molecule has 2 aliphatic heterocycles. The Morgan fingerprint density at radius 2 is 1.90 bits per heavy atom. The van der Waals surface area contributed by atoms with Gasteiger partial charge in [-0.05, 0) is 35.9 Å². The number of carbonyl (C=O) groups excluding carboxylic acids is 3. The molecule has 2 amide bonds. The minimum atomic E-state index is -0.340. The van der Waals surface area contributed by atoms with Gasteiger partial charge >= 0.3 is 0 Å². The van der Waals surface area contributed by atoms with Gasteiger partial charge in [0.25, 0.3) is 5.91 Å². The number of ketones is 1. The number of amides is 2. The van der Waals surface area contributed by atoms with Crippen molar-refractivity contribution in [2.75, 3.05) is 33.4 Å². The smallest absolute Gasteiger partial charge is 0.259 e. The van der Waals surface area contributed by atoms with Crippen LogP contribution in [0.1, 0.15) is 34.3 Å². The number of pyridine rings is 1. The second-order valence-electron chi connectivity index (χ2n) is 9.39. The van der Waals surface area contributed by atoms with Crippen LogP contribution in [0, 0.1) is 0 Å². The fourth-order valence-electron chi connectivity index (χ4n) is 4.48. The maximum Gasteiger partial charge on any atom is 0.259 e. The number of hydrogen-bond donors (Lipinski definition) is 2. The number of fused-ring (bicyclic) bond motifs is 3. The Hall–Kier alpha value is -5.32. The SMILES string of the molecule is COc1c(OCCNC(=O)CCC(=O)/C=C/c2ccccc2)ccc2c1N=C(NC(=O)c1cccnc1)N1CCN=C21. The Morgan fingerprint density at radius 3 is 2.69 bits per heavy atom. The molecule has 0 fully saturated rings. The lowest BCUT2D eigenvalue weighted by Crippen LogP contribution is -2.47. The van der Waals surface area contributed by atoms with Crippen molar-refractivity contribution >= 4 is 41.2 Å². The second kappa shape index (κ2) is 13.4. The number of ether oxygens (including phenoxy) is 2. The zero-order valence-corrected chi connectivity index (χ0v) is 23.1. The zero-order valence-electron chi connectivity index (χ0n) is 23.1. The van der Waals surface area contributed by atoms with Crippen molar-refractivity contribution in [1.29, 1.82) is 0 Å². The normalized spacial score (nSPS) is 13.5. The number of nitrogens with one attached hydrogen (secondary N) is 2. The lowest BCUT2D eigenvalue weighted by molar-refractivity contribution is -0.123. The minimum Gasteiger partial charge on any atom is -0.491 e. The van der Waals surface area contributed by atoms with E-state index < -0.39 is 0 Å². The van der Waals surface area contributed by atoms with Crippen LogP contribution in [0.2, 0.25) is 0 Å². The molecule has 0 unspecified atom stereocenters. The number of guanidine groups is 1. The van der Waals surface area contributed by atoms with E-state index in [4.69, 9.17) is 14.5 Å². The minimum absolute atomic E-state index is 0.0843. The van der Waals surface area contributed by atoms with Crippen LogP contribution < -0.4 is 20.1 Å². The molecular weight excluding hydrogens is 536 g/mol. The first kappa shape index (κ1) is 28.2. The third-order valence-electron chi connectivity index (χ3n) is 6.55. The number of hydrogen-bond acceptors (Lipinski definition) is 9. The highest BCUT2D eigenvalue weighted by atomic mass is 16.5. The van der Waals surface area contributed by atoms with E-state index in [1.165, 1.54) is 19.4 Å². The van der Waals surface area contributed by atoms with Gasteiger partial charge in [0.2, 0.25) is 11.9 Å². The van der Waals surface area contributed by atoms with E-state index in [1.54, 1.807) is 30.5 Å². The third kappa shape index (κ3) is 6.69. The Balaban J connectivity index is 1.18. The first-order valence-corrected chi connectivity index (χ1v) is 13.5. The van der Waals surface area contributed by atoms with E-state index in [0.29, 0.717) is 47.6 Å². The molecule has 0 spiro atoms. The summed E-state index contributed by atoms with van der Waals surface area (Å²) in [6, 6.07) is 16.5. The first-order chi connectivity index (χ1) is 20.5. The van der Waals surface area contributed by atoms with E-state index in [1.807, 2.05) is 41.3 Å². The summed E-state index contributed by atoms with van der Waals surface area (Å²) in [6.45, 7) is 1.55. The van der Waals surface area contributed by atoms with Crippen LogP contribution in [0.3, 0.4) is 0 Å². The van der Waals surface area contributed by atoms with Crippen molar-refractivity contribution in [3.05, 3.63) is 89.8 Å². The number of aromatic nitrogens is 1. The van der Waals surface area contributed by atoms with Gasteiger partial charge in [-0.15, -0.1) is 0 Å². The zero-order chi connectivity index (χ0) is 29.3. The molecule has 0 saturated heterocycles. The molecule has 0 aliphatic carbocycles. The number of nitrogens with zero attached hydrogens (tertiary/aromatic N) is 4. The number of aliphatic imine (C=N–C) groups is 2. The maximum absolute atomic E-state index is 12.8. The summed E-state index contributed by atoms with van der Waals surface area (Å²) in [7, 11) is 1.51. The van der Waals surface area contributed by atoms with Crippen LogP contribution in [0.15, 0.2) is 83.1 Å². The van der Waals surface area contributed by atoms with Gasteiger partial charge in [-0.2, -0.15) is 0 Å². The largest absolute Gasteiger partial charge is 0.491 e. The predicted octanol–water partition coefficient (Wildman–Crippen LogP) is 3.14. The summed E-state index contributed by atoms with van der Waals surface area (Å²) in [5.74, 6) is 1.14. The van der Waals surface area contributed by atoms with Gasteiger partial charge in [0, 0.05) is 37.3 Å². The van der Waals surface area contributed by atoms with Crippen molar-refractivity contribution in [1.82, 2.24) is 20.5 Å². The maximum atomic E-state index is 12.8. The molecule has 2 aliphatic rings. The molecule has 3 heterocycles. The summed E-state index contributed by atoms with van der Waals surface area (Å²) < 4.78 is 11.6. The van der Waals surface area contributed by atoms with Crippen LogP contribution in [-0.2, 0) is 9.59 Å². The molecule has 2 N–H and O–H groups in total. The summed E-state index contributed by atoms with van der Waals surface area (Å²) in [6.07, 6.45) is 6.51. The second-order valence-corrected chi connectivity index (χ2v) is 9.39. The molecule has 0 radical (unpaired) electrons. The average Bonchev–Trinajstić information content (AvgIpc) is 3.52. The molecule has 0 saturated carbocycles. The van der Waals surface area contributed by atoms with Crippen LogP contribution in [-0.4, -0.2) is 72.6 Å². The highest BCUT2D eigenvalue weighted by Gasteiger charge is 2.33. The number of amidine groups is 1. The van der Waals surface area contributed by atoms with Crippen LogP contribution >= 0.6 is 0 Å². The standard InChI is InChI=1S/C31H30N6O5/c1-41-28-25(42-19-17-33-26(39)14-11-23(38)10-9-21-6-3-2-4-7-21)13-12-24-27(28)35-31(37-18-16-34-29(24)37)36-30(40)22-8-5-15-32-20-22/h2-10,12-13,15,20H,11,14,16-19H2,1H3,(H,33,39)(H,35,36,40)/b10-9+. The number of benzene rings is 2. The lowest BCUT2D eigenvalue weighted by atomic mass is 10.1. The highest BCUT2D eigenvalue weighted by Crippen LogP contribution is 2.43. The molecule has 0 atom stereocenters. The van der Waals surface area contributed by atoms with Gasteiger partial charge in [0.1, 0.15) is 18.1 Å². The highest BCUT2D eigenvalue weighted by molar-refractivity contribution is 6.20. The van der Waals surface area contributed by atoms with Gasteiger partial charge in [0.05, 0.1) is 25.8 Å². The fourth-order valence-corrected chi connectivity index (χ4v) is 4.48. The van der Waals surface area contributed by atoms with Crippen LogP contribution in [0.25, 0.3) is 6.08 Å². The van der Waals surface area contributed by atoms with E-state index >= 15 is 0 Å². The van der Waals surface area contributed by atoms with Gasteiger partial charge in [-0.25, -0.2) is 4.99 Å². The number of carbonyl (C=O) groups is 3. The van der Waals surface area contributed by atoms with Crippen LogP contribution in [0.5, 0.6) is 11.5 Å². The van der Waals surface area contributed by atoms with E-state index in [-0.39, 0.29) is 43.6 Å². The Bertz CT molecular complexity index is 1550. The van der Waals surface area contributed by atoms with Crippen molar-refractivity contribution < 1.29 is 23.9 Å². The molecule has 0 bridgehead atoms. The molecule has 214 valence electrons. The predicted molar refractivity (Wildman–Crippen MR) is 158 cm³/mol. The van der Waals surface area contributed by atoms with Crippen molar-refractivity contribution in [2.45, 2.75) is 12.8 Å². The summed E-state index contributed by atoms with van der Waals surface area (Å²) in [5, 5.41) is 5.63. The Labute approximate surface area is 243 Å². The fraction of sp³-hybridized carbons (Fsp3) is 0.226. The molecule has 3 aromatic rings. The van der Waals surface area contributed by atoms with Crippen molar-refractivity contribution in [2.24, 2.45) is 9.98 Å². The summed E-state index contributed by atoms with van der Waals surface area (Å²) in [5.41, 5.74) is 2.58. The number of methoxy groups -OCH3 is 1. The number of rotatable bonds is 11. The van der Waals surface area contributed by atoms with E-state index in [0.717, 1.165) is 11.1 Å². The molecule has 2 aromatic carbocycles. The van der Waals surface area contributed by atoms with Crippen molar-refractivity contribution in [3.8, 4) is 11.5 Å². The molecule has 11 nitrogen and oxygen atoms in total. The van der Waals surface area contributed by atoms with Crippen LogP contribution in [0.4, 0.5) is 5.69 Å². The quantitative estimate of drug-likeness (QED) is 0.269. The third-order valence-corrected chi connectivity index (χ3v) is 6.55. The first-order valence-electron chi connectivity index (χ1n) is 13.5. The Morgan fingerprint density at radius 1 is 1.05 bits per heavy atom. The topological polar surface area (TPSA) is 135 Å². The van der Waals surface area contributed by atoms with Gasteiger partial charge in [-0.3, -0.25) is 34.6 Å². The van der Waals surface area contributed by atoms with Gasteiger partial charge in [-0.1, -0.05) is 36.4 Å². The molecule has 11 heteroatoms. The summed E-state index contributed by atoms with van der Waals surface area (Å²) in [4.78, 5) is 52.3. The lowest BCUT2D eigenvalue weighted by Gasteiger charge is -2.28. The number of allylic oxidation sites excluding steroid dienone is 1. The average molecular weight is 567 g/mol. The summed E-state index contributed by atoms with van der Waals surface area (Å²) >= 11 is 0. The Kier molecular flexibility index (Phi) is 8.97. The van der Waals surface area contributed by atoms with Gasteiger partial charge < -0.3 is 14.8 Å². The van der Waals surface area contributed by atoms with E-state index in [2.05, 4.69) is 20.6 Å². The van der Waals surface area contributed by atoms with Gasteiger partial charge in [0.15, 0.2) is 17.3 Å². The molecule has 5 rings (SSSR count). The van der Waals surface area contributed by atoms with Crippen molar-refractivity contribution in [3.63, 3.8) is 0 Å². The molecular formula is C31H30N6O5. The molecule has 1 aromatic heterocycles. The monoisotopic (exact) mass is 566 g/mol. The molecule has 42 heavy (non-hydrogen) atoms.